The number of amides is 1. The van der Waals surface area contributed by atoms with Crippen LogP contribution in [-0.4, -0.2) is 73.4 Å². The van der Waals surface area contributed by atoms with E-state index in [2.05, 4.69) is 116 Å². The quantitative estimate of drug-likeness (QED) is 0.0243. The van der Waals surface area contributed by atoms with Crippen molar-refractivity contribution < 1.29 is 32.9 Å². The van der Waals surface area contributed by atoms with E-state index in [0.717, 1.165) is 89.9 Å². The third-order valence-corrected chi connectivity index (χ3v) is 14.6. The lowest BCUT2D eigenvalue weighted by Crippen LogP contribution is -2.46. The number of hydrogen-bond donors (Lipinski definition) is 3. The van der Waals surface area contributed by atoms with E-state index >= 15 is 0 Å². The van der Waals surface area contributed by atoms with Gasteiger partial charge in [-0.15, -0.1) is 0 Å². The maximum atomic E-state index is 13.0. The Hall–Kier alpha value is -2.58. The molecule has 434 valence electrons. The highest BCUT2D eigenvalue weighted by Gasteiger charge is 2.28. The molecular weight excluding hydrogens is 948 g/mol. The van der Waals surface area contributed by atoms with Gasteiger partial charge < -0.3 is 19.8 Å². The zero-order valence-electron chi connectivity index (χ0n) is 49.5. The summed E-state index contributed by atoms with van der Waals surface area (Å²) >= 11 is 0. The van der Waals surface area contributed by atoms with Crippen LogP contribution < -0.4 is 5.32 Å². The van der Waals surface area contributed by atoms with Gasteiger partial charge in [-0.3, -0.25) is 13.8 Å². The molecule has 3 N–H and O–H groups in total. The van der Waals surface area contributed by atoms with Gasteiger partial charge in [-0.05, 0) is 77.0 Å². The number of phosphoric acid groups is 1. The summed E-state index contributed by atoms with van der Waals surface area (Å²) in [5, 5.41) is 14.0. The van der Waals surface area contributed by atoms with Crippen LogP contribution in [0.2, 0.25) is 0 Å². The van der Waals surface area contributed by atoms with E-state index in [0.29, 0.717) is 23.9 Å². The van der Waals surface area contributed by atoms with Gasteiger partial charge in [0.1, 0.15) is 13.2 Å². The first-order valence-electron chi connectivity index (χ1n) is 31.1. The SMILES string of the molecule is CC/C=C\C/C=C\C/C=C\C/C=C\C/C=C\C/C=C\C/C=C\C/C=C\CCCCCCCCCCCCCCCCCCC(=O)NC(COP(=O)(O)OCC[N+](C)(C)C)C(O)CCCCCCCCCCCCCC. The Morgan fingerprint density at radius 3 is 1.17 bits per heavy atom. The van der Waals surface area contributed by atoms with Gasteiger partial charge >= 0.3 is 7.82 Å². The van der Waals surface area contributed by atoms with Crippen LogP contribution in [0.25, 0.3) is 0 Å². The Morgan fingerprint density at radius 1 is 0.467 bits per heavy atom. The van der Waals surface area contributed by atoms with Crippen LogP contribution in [0, 0.1) is 0 Å². The Morgan fingerprint density at radius 2 is 0.800 bits per heavy atom. The number of nitrogens with one attached hydrogen (secondary N) is 1. The number of likely N-dealkylation sites (N-methyl/N-ethyl adjacent to an activating group) is 1. The van der Waals surface area contributed by atoms with E-state index in [1.54, 1.807) is 0 Å². The maximum Gasteiger partial charge on any atom is 0.472 e. The highest BCUT2D eigenvalue weighted by atomic mass is 31.2. The number of hydrogen-bond acceptors (Lipinski definition) is 5. The summed E-state index contributed by atoms with van der Waals surface area (Å²) in [5.74, 6) is -0.146. The van der Waals surface area contributed by atoms with E-state index in [1.807, 2.05) is 21.1 Å². The summed E-state index contributed by atoms with van der Waals surface area (Å²) in [5.41, 5.74) is 0. The third-order valence-electron chi connectivity index (χ3n) is 13.6. The van der Waals surface area contributed by atoms with Gasteiger partial charge in [-0.2, -0.15) is 0 Å². The van der Waals surface area contributed by atoms with Crippen molar-refractivity contribution in [1.82, 2.24) is 5.32 Å². The molecule has 0 saturated heterocycles. The molecule has 3 atom stereocenters. The first-order valence-corrected chi connectivity index (χ1v) is 32.6. The van der Waals surface area contributed by atoms with Gasteiger partial charge in [0.2, 0.25) is 5.91 Å². The second-order valence-electron chi connectivity index (χ2n) is 22.1. The molecule has 0 aliphatic carbocycles. The Kier molecular flexibility index (Phi) is 54.2. The van der Waals surface area contributed by atoms with Gasteiger partial charge in [0.25, 0.3) is 0 Å². The number of aliphatic hydroxyl groups is 1. The van der Waals surface area contributed by atoms with Crippen LogP contribution in [0.3, 0.4) is 0 Å². The van der Waals surface area contributed by atoms with Gasteiger partial charge in [0, 0.05) is 6.42 Å². The molecule has 0 bridgehead atoms. The average Bonchev–Trinajstić information content (AvgIpc) is 3.37. The molecule has 0 aromatic carbocycles. The van der Waals surface area contributed by atoms with Crippen LogP contribution in [0.5, 0.6) is 0 Å². The molecule has 8 nitrogen and oxygen atoms in total. The number of allylic oxidation sites excluding steroid dienone is 16. The zero-order valence-corrected chi connectivity index (χ0v) is 50.4. The molecule has 0 aromatic rings. The van der Waals surface area contributed by atoms with Gasteiger partial charge in [-0.25, -0.2) is 4.57 Å². The van der Waals surface area contributed by atoms with Crippen molar-refractivity contribution in [2.45, 2.75) is 276 Å². The summed E-state index contributed by atoms with van der Waals surface area (Å²) in [7, 11) is 1.61. The molecule has 75 heavy (non-hydrogen) atoms. The molecule has 0 spiro atoms. The molecule has 0 aromatic heterocycles. The van der Waals surface area contributed by atoms with Gasteiger partial charge in [0.05, 0.1) is 39.9 Å². The molecule has 0 saturated carbocycles. The Balaban J connectivity index is 3.93. The lowest BCUT2D eigenvalue weighted by molar-refractivity contribution is -0.870. The lowest BCUT2D eigenvalue weighted by Gasteiger charge is -2.26. The zero-order chi connectivity index (χ0) is 54.9. The Bertz CT molecular complexity index is 1540. The number of quaternary nitrogens is 1. The molecule has 0 radical (unpaired) electrons. The summed E-state index contributed by atoms with van der Waals surface area (Å²) in [6, 6.07) is -0.763. The molecule has 0 aliphatic heterocycles. The lowest BCUT2D eigenvalue weighted by atomic mass is 10.0. The third kappa shape index (κ3) is 58.9. The number of aliphatic hydroxyl groups excluding tert-OH is 1. The predicted molar refractivity (Wildman–Crippen MR) is 327 cm³/mol. The minimum atomic E-state index is -4.32. The number of phosphoric ester groups is 1. The summed E-state index contributed by atoms with van der Waals surface area (Å²) < 4.78 is 23.7. The molecule has 1 amide bonds. The number of nitrogens with zero attached hydrogens (tertiary/aromatic N) is 1. The summed E-state index contributed by atoms with van der Waals surface area (Å²) in [6.45, 7) is 4.77. The molecule has 0 heterocycles. The molecular formula is C66H120N2O6P+. The summed E-state index contributed by atoms with van der Waals surface area (Å²) in [6.07, 6.45) is 80.6. The fourth-order valence-corrected chi connectivity index (χ4v) is 9.51. The first kappa shape index (κ1) is 72.4. The highest BCUT2D eigenvalue weighted by Crippen LogP contribution is 2.43. The second kappa shape index (κ2) is 56.2. The van der Waals surface area contributed by atoms with Crippen molar-refractivity contribution in [1.29, 1.82) is 0 Å². The van der Waals surface area contributed by atoms with Crippen molar-refractivity contribution in [2.24, 2.45) is 0 Å². The average molecular weight is 1070 g/mol. The maximum absolute atomic E-state index is 13.0. The standard InChI is InChI=1S/C66H119N2O6P/c1-6-8-10-12-14-16-18-20-21-22-23-24-25-26-27-28-29-30-31-32-33-34-35-36-37-38-39-40-41-42-43-44-45-46-47-48-50-52-54-56-58-60-66(70)67-64(63-74-75(71,72)73-62-61-68(3,4)5)65(69)59-57-55-53-51-49-19-17-15-13-11-9-7-2/h8,10,14,16,20-21,23-24,26-27,29-30,32-33,35-36,64-65,69H,6-7,9,11-13,15,17-19,22,25,28,31,34,37-63H2,1-5H3,(H-,67,70,71,72)/p+1/b10-8-,16-14-,21-20-,24-23-,27-26-,30-29-,33-32-,36-35-. The molecule has 3 unspecified atom stereocenters. The topological polar surface area (TPSA) is 105 Å². The van der Waals surface area contributed by atoms with Crippen LogP contribution in [0.1, 0.15) is 264 Å². The predicted octanol–water partition coefficient (Wildman–Crippen LogP) is 19.4. The normalized spacial score (nSPS) is 14.5. The van der Waals surface area contributed by atoms with Crippen molar-refractivity contribution in [3.63, 3.8) is 0 Å². The van der Waals surface area contributed by atoms with E-state index < -0.39 is 20.0 Å². The molecule has 0 aliphatic rings. The fraction of sp³-hybridized carbons (Fsp3) is 0.742. The van der Waals surface area contributed by atoms with Crippen molar-refractivity contribution in [3.8, 4) is 0 Å². The van der Waals surface area contributed by atoms with Crippen molar-refractivity contribution in [3.05, 3.63) is 97.2 Å². The van der Waals surface area contributed by atoms with Crippen molar-refractivity contribution >= 4 is 13.7 Å². The first-order chi connectivity index (χ1) is 36.5. The largest absolute Gasteiger partial charge is 0.472 e. The molecule has 9 heteroatoms. The number of carbonyl (C=O) groups is 1. The number of rotatable bonds is 56. The van der Waals surface area contributed by atoms with Crippen LogP contribution in [0.4, 0.5) is 0 Å². The van der Waals surface area contributed by atoms with E-state index in [-0.39, 0.29) is 19.1 Å². The van der Waals surface area contributed by atoms with Gasteiger partial charge in [0.15, 0.2) is 0 Å². The van der Waals surface area contributed by atoms with Crippen molar-refractivity contribution in [2.75, 3.05) is 40.9 Å². The van der Waals surface area contributed by atoms with E-state index in [9.17, 15) is 19.4 Å². The van der Waals surface area contributed by atoms with E-state index in [4.69, 9.17) is 9.05 Å². The number of unbranched alkanes of at least 4 members (excludes halogenated alkanes) is 27. The van der Waals surface area contributed by atoms with Crippen LogP contribution >= 0.6 is 7.82 Å². The summed E-state index contributed by atoms with van der Waals surface area (Å²) in [4.78, 5) is 23.3. The van der Waals surface area contributed by atoms with Crippen LogP contribution in [-0.2, 0) is 18.4 Å². The fourth-order valence-electron chi connectivity index (χ4n) is 8.77. The molecule has 0 rings (SSSR count). The highest BCUT2D eigenvalue weighted by molar-refractivity contribution is 7.47. The smallest absolute Gasteiger partial charge is 0.391 e. The Labute approximate surface area is 464 Å². The van der Waals surface area contributed by atoms with E-state index in [1.165, 1.54) is 148 Å². The number of carbonyl (C=O) groups excluding carboxylic acids is 1. The molecule has 0 fully saturated rings. The minimum Gasteiger partial charge on any atom is -0.391 e. The minimum absolute atomic E-state index is 0.0727. The van der Waals surface area contributed by atoms with Gasteiger partial charge in [-0.1, -0.05) is 278 Å². The second-order valence-corrected chi connectivity index (χ2v) is 23.5. The van der Waals surface area contributed by atoms with Crippen LogP contribution in [0.15, 0.2) is 97.2 Å². The monoisotopic (exact) mass is 1070 g/mol.